The standard InChI is InChI=1S/C20H23ClN2O3/c1-14-7-4-5-10-18(14)26-13-19(24)23(15(2)20(25)22-3)12-16-8-6-9-17(21)11-16/h4-11,15H,12-13H2,1-3H3,(H,22,25)/t15-/m0/s1. The number of nitrogens with zero attached hydrogens (tertiary/aromatic N) is 1. The highest BCUT2D eigenvalue weighted by molar-refractivity contribution is 6.30. The molecule has 1 N–H and O–H groups in total. The highest BCUT2D eigenvalue weighted by Gasteiger charge is 2.26. The number of carbonyl (C=O) groups excluding carboxylic acids is 2. The summed E-state index contributed by atoms with van der Waals surface area (Å²) in [5.74, 6) is 0.136. The Morgan fingerprint density at radius 1 is 1.19 bits per heavy atom. The minimum absolute atomic E-state index is 0.146. The van der Waals surface area contributed by atoms with Crippen molar-refractivity contribution in [2.24, 2.45) is 0 Å². The van der Waals surface area contributed by atoms with Gasteiger partial charge in [0.1, 0.15) is 11.8 Å². The quantitative estimate of drug-likeness (QED) is 0.809. The SMILES string of the molecule is CNC(=O)[C@H](C)N(Cc1cccc(Cl)c1)C(=O)COc1ccccc1C. The average Bonchev–Trinajstić information content (AvgIpc) is 2.64. The van der Waals surface area contributed by atoms with Gasteiger partial charge in [-0.2, -0.15) is 0 Å². The van der Waals surface area contributed by atoms with E-state index in [4.69, 9.17) is 16.3 Å². The van der Waals surface area contributed by atoms with Crippen molar-refractivity contribution in [1.82, 2.24) is 10.2 Å². The Morgan fingerprint density at radius 3 is 2.58 bits per heavy atom. The Kier molecular flexibility index (Phi) is 7.04. The first-order valence-corrected chi connectivity index (χ1v) is 8.74. The second-order valence-corrected chi connectivity index (χ2v) is 6.43. The van der Waals surface area contributed by atoms with E-state index >= 15 is 0 Å². The highest BCUT2D eigenvalue weighted by atomic mass is 35.5. The van der Waals surface area contributed by atoms with Crippen molar-refractivity contribution >= 4 is 23.4 Å². The van der Waals surface area contributed by atoms with Crippen molar-refractivity contribution < 1.29 is 14.3 Å². The maximum absolute atomic E-state index is 12.8. The number of carbonyl (C=O) groups is 2. The van der Waals surface area contributed by atoms with Crippen LogP contribution in [0.4, 0.5) is 0 Å². The van der Waals surface area contributed by atoms with E-state index in [2.05, 4.69) is 5.32 Å². The van der Waals surface area contributed by atoms with E-state index < -0.39 is 6.04 Å². The third-order valence-electron chi connectivity index (χ3n) is 4.10. The van der Waals surface area contributed by atoms with Crippen molar-refractivity contribution in [3.05, 3.63) is 64.7 Å². The minimum Gasteiger partial charge on any atom is -0.484 e. The Labute approximate surface area is 158 Å². The second kappa shape index (κ2) is 9.25. The van der Waals surface area contributed by atoms with Gasteiger partial charge in [-0.1, -0.05) is 41.9 Å². The van der Waals surface area contributed by atoms with Gasteiger partial charge in [-0.3, -0.25) is 9.59 Å². The predicted molar refractivity (Wildman–Crippen MR) is 102 cm³/mol. The fourth-order valence-corrected chi connectivity index (χ4v) is 2.78. The van der Waals surface area contributed by atoms with Crippen LogP contribution in [0.5, 0.6) is 5.75 Å². The molecule has 6 heteroatoms. The van der Waals surface area contributed by atoms with Crippen LogP contribution in [0.3, 0.4) is 0 Å². The molecule has 2 aromatic carbocycles. The molecule has 0 saturated heterocycles. The molecule has 2 rings (SSSR count). The average molecular weight is 375 g/mol. The monoisotopic (exact) mass is 374 g/mol. The molecule has 26 heavy (non-hydrogen) atoms. The number of ether oxygens (including phenoxy) is 1. The molecule has 5 nitrogen and oxygen atoms in total. The molecule has 0 fully saturated rings. The number of amides is 2. The van der Waals surface area contributed by atoms with Gasteiger partial charge in [0.25, 0.3) is 5.91 Å². The number of para-hydroxylation sites is 1. The van der Waals surface area contributed by atoms with E-state index in [0.29, 0.717) is 10.8 Å². The van der Waals surface area contributed by atoms with E-state index in [-0.39, 0.29) is 25.0 Å². The zero-order chi connectivity index (χ0) is 19.1. The zero-order valence-electron chi connectivity index (χ0n) is 15.2. The zero-order valence-corrected chi connectivity index (χ0v) is 15.9. The summed E-state index contributed by atoms with van der Waals surface area (Å²) < 4.78 is 5.66. The molecule has 0 aliphatic rings. The normalized spacial score (nSPS) is 11.5. The van der Waals surface area contributed by atoms with Gasteiger partial charge in [0.2, 0.25) is 5.91 Å². The number of nitrogens with one attached hydrogen (secondary N) is 1. The van der Waals surface area contributed by atoms with Crippen LogP contribution < -0.4 is 10.1 Å². The minimum atomic E-state index is -0.632. The van der Waals surface area contributed by atoms with E-state index in [1.807, 2.05) is 43.3 Å². The molecule has 2 amide bonds. The van der Waals surface area contributed by atoms with Crippen LogP contribution in [0.1, 0.15) is 18.1 Å². The van der Waals surface area contributed by atoms with E-state index in [0.717, 1.165) is 11.1 Å². The summed E-state index contributed by atoms with van der Waals surface area (Å²) in [5.41, 5.74) is 1.79. The van der Waals surface area contributed by atoms with Gasteiger partial charge < -0.3 is 15.0 Å². The van der Waals surface area contributed by atoms with Crippen molar-refractivity contribution in [2.45, 2.75) is 26.4 Å². The lowest BCUT2D eigenvalue weighted by Crippen LogP contribution is -2.48. The topological polar surface area (TPSA) is 58.6 Å². The largest absolute Gasteiger partial charge is 0.484 e. The van der Waals surface area contributed by atoms with Gasteiger partial charge in [-0.15, -0.1) is 0 Å². The van der Waals surface area contributed by atoms with E-state index in [9.17, 15) is 9.59 Å². The van der Waals surface area contributed by atoms with Gasteiger partial charge in [0, 0.05) is 18.6 Å². The van der Waals surface area contributed by atoms with Gasteiger partial charge >= 0.3 is 0 Å². The Bertz CT molecular complexity index is 779. The number of rotatable bonds is 7. The fourth-order valence-electron chi connectivity index (χ4n) is 2.56. The number of hydrogen-bond donors (Lipinski definition) is 1. The van der Waals surface area contributed by atoms with Gasteiger partial charge in [0.15, 0.2) is 6.61 Å². The van der Waals surface area contributed by atoms with Crippen LogP contribution in [0.25, 0.3) is 0 Å². The van der Waals surface area contributed by atoms with Gasteiger partial charge in [-0.05, 0) is 43.2 Å². The predicted octanol–water partition coefficient (Wildman–Crippen LogP) is 3.19. The molecule has 0 bridgehead atoms. The molecule has 0 radical (unpaired) electrons. The molecular weight excluding hydrogens is 352 g/mol. The van der Waals surface area contributed by atoms with Crippen molar-refractivity contribution in [3.8, 4) is 5.75 Å². The molecule has 0 aliphatic carbocycles. The fraction of sp³-hybridized carbons (Fsp3) is 0.300. The molecule has 0 spiro atoms. The van der Waals surface area contributed by atoms with Crippen LogP contribution >= 0.6 is 11.6 Å². The van der Waals surface area contributed by atoms with Crippen molar-refractivity contribution in [2.75, 3.05) is 13.7 Å². The number of hydrogen-bond acceptors (Lipinski definition) is 3. The van der Waals surface area contributed by atoms with Crippen LogP contribution in [0, 0.1) is 6.92 Å². The lowest BCUT2D eigenvalue weighted by atomic mass is 10.1. The molecule has 0 unspecified atom stereocenters. The van der Waals surface area contributed by atoms with Crippen LogP contribution in [0.2, 0.25) is 5.02 Å². The molecule has 0 aliphatic heterocycles. The first-order chi connectivity index (χ1) is 12.4. The molecule has 2 aromatic rings. The first kappa shape index (κ1) is 19.8. The number of halogens is 1. The van der Waals surface area contributed by atoms with Crippen LogP contribution in [-0.2, 0) is 16.1 Å². The number of aryl methyl sites for hydroxylation is 1. The maximum atomic E-state index is 12.8. The van der Waals surface area contributed by atoms with Gasteiger partial charge in [0.05, 0.1) is 0 Å². The van der Waals surface area contributed by atoms with Crippen LogP contribution in [-0.4, -0.2) is 36.4 Å². The molecule has 1 atom stereocenters. The molecular formula is C20H23ClN2O3. The molecule has 0 aromatic heterocycles. The molecule has 0 saturated carbocycles. The molecule has 138 valence electrons. The van der Waals surface area contributed by atoms with E-state index in [1.54, 1.807) is 26.1 Å². The maximum Gasteiger partial charge on any atom is 0.261 e. The first-order valence-electron chi connectivity index (χ1n) is 8.36. The third-order valence-corrected chi connectivity index (χ3v) is 4.34. The number of benzene rings is 2. The van der Waals surface area contributed by atoms with Crippen LogP contribution in [0.15, 0.2) is 48.5 Å². The van der Waals surface area contributed by atoms with E-state index in [1.165, 1.54) is 4.90 Å². The summed E-state index contributed by atoms with van der Waals surface area (Å²) in [6, 6.07) is 14.1. The summed E-state index contributed by atoms with van der Waals surface area (Å²) in [7, 11) is 1.55. The third kappa shape index (κ3) is 5.23. The lowest BCUT2D eigenvalue weighted by Gasteiger charge is -2.28. The summed E-state index contributed by atoms with van der Waals surface area (Å²) in [5, 5.41) is 3.16. The van der Waals surface area contributed by atoms with Crippen molar-refractivity contribution in [3.63, 3.8) is 0 Å². The number of likely N-dealkylation sites (N-methyl/N-ethyl adjacent to an activating group) is 1. The Morgan fingerprint density at radius 2 is 1.92 bits per heavy atom. The molecule has 0 heterocycles. The summed E-state index contributed by atoms with van der Waals surface area (Å²) in [4.78, 5) is 26.3. The highest BCUT2D eigenvalue weighted by Crippen LogP contribution is 2.18. The lowest BCUT2D eigenvalue weighted by molar-refractivity contribution is -0.142. The summed E-state index contributed by atoms with van der Waals surface area (Å²) >= 11 is 6.03. The van der Waals surface area contributed by atoms with Crippen molar-refractivity contribution in [1.29, 1.82) is 0 Å². The smallest absolute Gasteiger partial charge is 0.261 e. The second-order valence-electron chi connectivity index (χ2n) is 6.00. The Hall–Kier alpha value is -2.53. The summed E-state index contributed by atoms with van der Waals surface area (Å²) in [6.45, 7) is 3.73. The Balaban J connectivity index is 2.15. The van der Waals surface area contributed by atoms with Gasteiger partial charge in [-0.25, -0.2) is 0 Å². The summed E-state index contributed by atoms with van der Waals surface area (Å²) in [6.07, 6.45) is 0.